The molecule has 0 fully saturated rings. The lowest BCUT2D eigenvalue weighted by atomic mass is 10.1. The highest BCUT2D eigenvalue weighted by Crippen LogP contribution is 2.33. The molecule has 2 N–H and O–H groups in total. The van der Waals surface area contributed by atoms with Crippen LogP contribution >= 0.6 is 11.6 Å². The number of halogens is 1. The Bertz CT molecular complexity index is 607. The highest BCUT2D eigenvalue weighted by molar-refractivity contribution is 6.34. The van der Waals surface area contributed by atoms with E-state index in [0.717, 1.165) is 6.07 Å². The Balaban J connectivity index is 2.92. The van der Waals surface area contributed by atoms with Gasteiger partial charge in [0.1, 0.15) is 5.02 Å². The maximum Gasteiger partial charge on any atom is 0.337 e. The molecular weight excluding hydrogens is 238 g/mol. The van der Waals surface area contributed by atoms with Crippen molar-refractivity contribution in [2.24, 2.45) is 0 Å². The van der Waals surface area contributed by atoms with Crippen LogP contribution in [0.1, 0.15) is 10.4 Å². The van der Waals surface area contributed by atoms with E-state index in [4.69, 9.17) is 16.7 Å². The number of H-pyrrole nitrogens is 1. The van der Waals surface area contributed by atoms with Gasteiger partial charge in [0.2, 0.25) is 0 Å². The SMILES string of the molecule is O=C(O)c1cc(Cl)c([N+](=O)[O-])c2nc[nH]c12. The number of aromatic carboxylic acids is 1. The summed E-state index contributed by atoms with van der Waals surface area (Å²) < 4.78 is 0. The molecule has 16 heavy (non-hydrogen) atoms. The zero-order chi connectivity index (χ0) is 11.9. The summed E-state index contributed by atoms with van der Waals surface area (Å²) in [5, 5.41) is 19.4. The molecule has 7 nitrogen and oxygen atoms in total. The summed E-state index contributed by atoms with van der Waals surface area (Å²) in [4.78, 5) is 27.1. The van der Waals surface area contributed by atoms with Crippen LogP contribution in [-0.4, -0.2) is 26.0 Å². The van der Waals surface area contributed by atoms with Gasteiger partial charge in [0.05, 0.1) is 22.3 Å². The number of hydrogen-bond acceptors (Lipinski definition) is 4. The van der Waals surface area contributed by atoms with Gasteiger partial charge in [-0.05, 0) is 6.07 Å². The zero-order valence-corrected chi connectivity index (χ0v) is 8.35. The fraction of sp³-hybridized carbons (Fsp3) is 0. The van der Waals surface area contributed by atoms with Gasteiger partial charge < -0.3 is 10.1 Å². The number of fused-ring (bicyclic) bond motifs is 1. The number of aromatic nitrogens is 2. The first kappa shape index (κ1) is 10.4. The van der Waals surface area contributed by atoms with Gasteiger partial charge in [0.15, 0.2) is 5.52 Å². The predicted molar refractivity (Wildman–Crippen MR) is 54.7 cm³/mol. The predicted octanol–water partition coefficient (Wildman–Crippen LogP) is 1.82. The number of nitro groups is 1. The summed E-state index contributed by atoms with van der Waals surface area (Å²) in [5.74, 6) is -1.23. The molecule has 0 saturated carbocycles. The zero-order valence-electron chi connectivity index (χ0n) is 7.60. The van der Waals surface area contributed by atoms with Crippen molar-refractivity contribution in [3.8, 4) is 0 Å². The van der Waals surface area contributed by atoms with Crippen LogP contribution in [0, 0.1) is 10.1 Å². The van der Waals surface area contributed by atoms with Crippen molar-refractivity contribution in [1.82, 2.24) is 9.97 Å². The summed E-state index contributed by atoms with van der Waals surface area (Å²) in [7, 11) is 0. The Kier molecular flexibility index (Phi) is 2.24. The minimum absolute atomic E-state index is 0.0603. The van der Waals surface area contributed by atoms with E-state index in [1.807, 2.05) is 0 Å². The summed E-state index contributed by atoms with van der Waals surface area (Å²) in [5.41, 5.74) is -0.524. The second kappa shape index (κ2) is 3.46. The average Bonchev–Trinajstić information content (AvgIpc) is 2.63. The van der Waals surface area contributed by atoms with Gasteiger partial charge in [0.25, 0.3) is 0 Å². The number of nitro benzene ring substituents is 1. The normalized spacial score (nSPS) is 10.6. The maximum absolute atomic E-state index is 10.9. The molecule has 0 aliphatic rings. The molecule has 0 aliphatic heterocycles. The number of rotatable bonds is 2. The topological polar surface area (TPSA) is 109 Å². The smallest absolute Gasteiger partial charge is 0.337 e. The number of carboxylic acids is 1. The summed E-state index contributed by atoms with van der Waals surface area (Å²) >= 11 is 5.65. The maximum atomic E-state index is 10.9. The molecule has 0 atom stereocenters. The van der Waals surface area contributed by atoms with Gasteiger partial charge >= 0.3 is 11.7 Å². The van der Waals surface area contributed by atoms with Gasteiger partial charge in [0, 0.05) is 0 Å². The Labute approximate surface area is 92.8 Å². The van der Waals surface area contributed by atoms with Crippen LogP contribution in [-0.2, 0) is 0 Å². The molecule has 0 saturated heterocycles. The third kappa shape index (κ3) is 1.38. The molecule has 0 amide bonds. The number of nitrogens with zero attached hydrogens (tertiary/aromatic N) is 2. The number of aromatic amines is 1. The molecule has 82 valence electrons. The fourth-order valence-corrected chi connectivity index (χ4v) is 1.67. The second-order valence-corrected chi connectivity index (χ2v) is 3.35. The summed E-state index contributed by atoms with van der Waals surface area (Å²) in [6.07, 6.45) is 1.18. The highest BCUT2D eigenvalue weighted by atomic mass is 35.5. The van der Waals surface area contributed by atoms with Crippen molar-refractivity contribution in [3.05, 3.63) is 33.1 Å². The highest BCUT2D eigenvalue weighted by Gasteiger charge is 2.24. The molecule has 0 aliphatic carbocycles. The number of nitrogens with one attached hydrogen (secondary N) is 1. The standard InChI is InChI=1S/C8H4ClN3O4/c9-4-1-3(8(13)14)5-6(11-2-10-5)7(4)12(15)16/h1-2H,(H,10,11)(H,13,14). The lowest BCUT2D eigenvalue weighted by Gasteiger charge is -2.00. The number of hydrogen-bond donors (Lipinski definition) is 2. The average molecular weight is 242 g/mol. The first-order valence-electron chi connectivity index (χ1n) is 4.05. The van der Waals surface area contributed by atoms with E-state index in [-0.39, 0.29) is 21.6 Å². The molecule has 2 aromatic rings. The van der Waals surface area contributed by atoms with Gasteiger partial charge in [-0.2, -0.15) is 0 Å². The van der Waals surface area contributed by atoms with Crippen LogP contribution in [0.25, 0.3) is 11.0 Å². The Morgan fingerprint density at radius 2 is 2.31 bits per heavy atom. The lowest BCUT2D eigenvalue weighted by molar-refractivity contribution is -0.383. The van der Waals surface area contributed by atoms with Crippen LogP contribution in [0.15, 0.2) is 12.4 Å². The van der Waals surface area contributed by atoms with E-state index in [2.05, 4.69) is 9.97 Å². The Morgan fingerprint density at radius 1 is 1.62 bits per heavy atom. The minimum atomic E-state index is -1.23. The summed E-state index contributed by atoms with van der Waals surface area (Å²) in [6, 6.07) is 1.03. The van der Waals surface area contributed by atoms with E-state index in [0.29, 0.717) is 0 Å². The molecule has 0 unspecified atom stereocenters. The molecule has 1 aromatic carbocycles. The third-order valence-electron chi connectivity index (χ3n) is 2.04. The lowest BCUT2D eigenvalue weighted by Crippen LogP contribution is -2.00. The van der Waals surface area contributed by atoms with Gasteiger partial charge in [-0.15, -0.1) is 0 Å². The first-order chi connectivity index (χ1) is 7.52. The van der Waals surface area contributed by atoms with Crippen molar-refractivity contribution in [2.45, 2.75) is 0 Å². The molecule has 8 heteroatoms. The number of benzene rings is 1. The van der Waals surface area contributed by atoms with Crippen LogP contribution in [0.5, 0.6) is 0 Å². The van der Waals surface area contributed by atoms with Crippen molar-refractivity contribution in [1.29, 1.82) is 0 Å². The Hall–Kier alpha value is -2.15. The number of imidazole rings is 1. The third-order valence-corrected chi connectivity index (χ3v) is 2.33. The van der Waals surface area contributed by atoms with E-state index >= 15 is 0 Å². The van der Waals surface area contributed by atoms with Gasteiger partial charge in [-0.3, -0.25) is 10.1 Å². The van der Waals surface area contributed by atoms with Gasteiger partial charge in [-0.25, -0.2) is 9.78 Å². The Morgan fingerprint density at radius 3 is 2.88 bits per heavy atom. The van der Waals surface area contributed by atoms with Crippen LogP contribution in [0.4, 0.5) is 5.69 Å². The van der Waals surface area contributed by atoms with Gasteiger partial charge in [-0.1, -0.05) is 11.6 Å². The molecule has 0 radical (unpaired) electrons. The van der Waals surface area contributed by atoms with Crippen molar-refractivity contribution >= 4 is 34.3 Å². The van der Waals surface area contributed by atoms with Crippen molar-refractivity contribution < 1.29 is 14.8 Å². The fourth-order valence-electron chi connectivity index (χ4n) is 1.40. The van der Waals surface area contributed by atoms with Crippen molar-refractivity contribution in [2.75, 3.05) is 0 Å². The van der Waals surface area contributed by atoms with E-state index in [9.17, 15) is 14.9 Å². The quantitative estimate of drug-likeness (QED) is 0.616. The minimum Gasteiger partial charge on any atom is -0.478 e. The molecule has 1 heterocycles. The molecule has 2 rings (SSSR count). The van der Waals surface area contributed by atoms with Crippen LogP contribution in [0.2, 0.25) is 5.02 Å². The van der Waals surface area contributed by atoms with Crippen LogP contribution < -0.4 is 0 Å². The molecule has 1 aromatic heterocycles. The summed E-state index contributed by atoms with van der Waals surface area (Å²) in [6.45, 7) is 0. The molecular formula is C8H4ClN3O4. The molecule has 0 spiro atoms. The van der Waals surface area contributed by atoms with Crippen molar-refractivity contribution in [3.63, 3.8) is 0 Å². The van der Waals surface area contributed by atoms with Crippen LogP contribution in [0.3, 0.4) is 0 Å². The van der Waals surface area contributed by atoms with E-state index < -0.39 is 16.6 Å². The monoisotopic (exact) mass is 241 g/mol. The number of carbonyl (C=O) groups is 1. The molecule has 0 bridgehead atoms. The second-order valence-electron chi connectivity index (χ2n) is 2.94. The first-order valence-corrected chi connectivity index (χ1v) is 4.43. The number of carboxylic acid groups (broad SMARTS) is 1. The van der Waals surface area contributed by atoms with E-state index in [1.54, 1.807) is 0 Å². The van der Waals surface area contributed by atoms with E-state index in [1.165, 1.54) is 6.33 Å². The largest absolute Gasteiger partial charge is 0.478 e.